The zero-order valence-electron chi connectivity index (χ0n) is 13.0. The molecule has 2 aromatic rings. The fourth-order valence-electron chi connectivity index (χ4n) is 2.76. The summed E-state index contributed by atoms with van der Waals surface area (Å²) in [6, 6.07) is 9.49. The summed E-state index contributed by atoms with van der Waals surface area (Å²) in [5.41, 5.74) is 1.98. The van der Waals surface area contributed by atoms with E-state index in [-0.39, 0.29) is 23.2 Å². The lowest BCUT2D eigenvalue weighted by molar-refractivity contribution is 0.600. The Morgan fingerprint density at radius 3 is 2.70 bits per heavy atom. The van der Waals surface area contributed by atoms with Crippen molar-refractivity contribution in [3.05, 3.63) is 35.5 Å². The van der Waals surface area contributed by atoms with Gasteiger partial charge in [0.15, 0.2) is 15.7 Å². The fraction of sp³-hybridized carbons (Fsp3) is 0.400. The molecule has 1 atom stereocenters. The van der Waals surface area contributed by atoms with Gasteiger partial charge in [0, 0.05) is 13.1 Å². The number of aromatic nitrogens is 3. The highest BCUT2D eigenvalue weighted by Crippen LogP contribution is 2.24. The van der Waals surface area contributed by atoms with Crippen molar-refractivity contribution >= 4 is 15.7 Å². The first-order chi connectivity index (χ1) is 10.9. The Labute approximate surface area is 135 Å². The van der Waals surface area contributed by atoms with Gasteiger partial charge in [-0.05, 0) is 25.0 Å². The number of benzene rings is 1. The SMILES string of the molecule is Cc1ccccc1-n1nc(C#N)c(N(C)C2CCS(=O)(=O)C2)n1. The van der Waals surface area contributed by atoms with Gasteiger partial charge >= 0.3 is 0 Å². The lowest BCUT2D eigenvalue weighted by Crippen LogP contribution is -2.33. The Kier molecular flexibility index (Phi) is 3.82. The zero-order valence-corrected chi connectivity index (χ0v) is 13.8. The van der Waals surface area contributed by atoms with Gasteiger partial charge in [0.2, 0.25) is 5.69 Å². The average molecular weight is 331 g/mol. The van der Waals surface area contributed by atoms with Crippen LogP contribution in [0.15, 0.2) is 24.3 Å². The Morgan fingerprint density at radius 2 is 2.09 bits per heavy atom. The number of sulfone groups is 1. The molecule has 1 unspecified atom stereocenters. The molecule has 0 saturated carbocycles. The number of nitriles is 1. The van der Waals surface area contributed by atoms with Crippen molar-refractivity contribution in [2.24, 2.45) is 0 Å². The normalized spacial score (nSPS) is 19.4. The van der Waals surface area contributed by atoms with Gasteiger partial charge in [-0.2, -0.15) is 5.26 Å². The molecule has 1 aromatic carbocycles. The maximum absolute atomic E-state index is 11.7. The Bertz CT molecular complexity index is 882. The van der Waals surface area contributed by atoms with Gasteiger partial charge in [-0.1, -0.05) is 18.2 Å². The summed E-state index contributed by atoms with van der Waals surface area (Å²) in [5, 5.41) is 18.0. The van der Waals surface area contributed by atoms with Crippen LogP contribution < -0.4 is 4.90 Å². The van der Waals surface area contributed by atoms with Crippen LogP contribution in [0, 0.1) is 18.3 Å². The van der Waals surface area contributed by atoms with Crippen LogP contribution in [0.1, 0.15) is 17.7 Å². The molecule has 7 nitrogen and oxygen atoms in total. The van der Waals surface area contributed by atoms with Crippen molar-refractivity contribution in [2.45, 2.75) is 19.4 Å². The highest BCUT2D eigenvalue weighted by Gasteiger charge is 2.33. The summed E-state index contributed by atoms with van der Waals surface area (Å²) >= 11 is 0. The van der Waals surface area contributed by atoms with Crippen LogP contribution in [-0.2, 0) is 9.84 Å². The molecule has 2 heterocycles. The standard InChI is InChI=1S/C15H17N5O2S/c1-11-5-3-4-6-14(11)20-17-13(9-16)15(18-20)19(2)12-7-8-23(21,22)10-12/h3-6,12H,7-8,10H2,1-2H3. The topological polar surface area (TPSA) is 91.9 Å². The summed E-state index contributed by atoms with van der Waals surface area (Å²) < 4.78 is 23.3. The first-order valence-electron chi connectivity index (χ1n) is 7.28. The molecule has 1 aliphatic heterocycles. The van der Waals surface area contributed by atoms with E-state index in [9.17, 15) is 13.7 Å². The van der Waals surface area contributed by atoms with Crippen molar-refractivity contribution in [3.8, 4) is 11.8 Å². The van der Waals surface area contributed by atoms with E-state index in [1.165, 1.54) is 4.80 Å². The molecule has 1 aliphatic rings. The van der Waals surface area contributed by atoms with Crippen molar-refractivity contribution in [3.63, 3.8) is 0 Å². The van der Waals surface area contributed by atoms with E-state index in [0.717, 1.165) is 11.3 Å². The summed E-state index contributed by atoms with van der Waals surface area (Å²) in [6.45, 7) is 1.94. The van der Waals surface area contributed by atoms with Crippen LogP contribution in [0.4, 0.5) is 5.82 Å². The van der Waals surface area contributed by atoms with E-state index >= 15 is 0 Å². The third-order valence-electron chi connectivity index (χ3n) is 4.12. The van der Waals surface area contributed by atoms with Gasteiger partial charge in [-0.3, -0.25) is 0 Å². The minimum atomic E-state index is -3.00. The minimum absolute atomic E-state index is 0.0889. The largest absolute Gasteiger partial charge is 0.352 e. The molecule has 1 aromatic heterocycles. The predicted molar refractivity (Wildman–Crippen MR) is 86.3 cm³/mol. The van der Waals surface area contributed by atoms with E-state index in [0.29, 0.717) is 12.2 Å². The van der Waals surface area contributed by atoms with Crippen LogP contribution in [-0.4, -0.2) is 48.0 Å². The van der Waals surface area contributed by atoms with Gasteiger partial charge in [0.05, 0.1) is 17.2 Å². The van der Waals surface area contributed by atoms with Gasteiger partial charge in [-0.25, -0.2) is 8.42 Å². The van der Waals surface area contributed by atoms with Gasteiger partial charge in [0.1, 0.15) is 6.07 Å². The fourth-order valence-corrected chi connectivity index (χ4v) is 4.53. The highest BCUT2D eigenvalue weighted by molar-refractivity contribution is 7.91. The second-order valence-electron chi connectivity index (χ2n) is 5.73. The van der Waals surface area contributed by atoms with Crippen molar-refractivity contribution in [1.82, 2.24) is 15.0 Å². The quantitative estimate of drug-likeness (QED) is 0.835. The molecule has 0 spiro atoms. The molecule has 8 heteroatoms. The van der Waals surface area contributed by atoms with Crippen LogP contribution >= 0.6 is 0 Å². The first kappa shape index (κ1) is 15.5. The predicted octanol–water partition coefficient (Wildman–Crippen LogP) is 1.07. The summed E-state index contributed by atoms with van der Waals surface area (Å²) in [6.07, 6.45) is 0.543. The number of hydrogen-bond donors (Lipinski definition) is 0. The van der Waals surface area contributed by atoms with E-state index < -0.39 is 9.84 Å². The summed E-state index contributed by atoms with van der Waals surface area (Å²) in [5.74, 6) is 0.680. The third kappa shape index (κ3) is 2.92. The molecule has 0 amide bonds. The van der Waals surface area contributed by atoms with E-state index in [2.05, 4.69) is 10.2 Å². The minimum Gasteiger partial charge on any atom is -0.352 e. The monoisotopic (exact) mass is 331 g/mol. The number of hydrogen-bond acceptors (Lipinski definition) is 6. The number of para-hydroxylation sites is 1. The molecular formula is C15H17N5O2S. The lowest BCUT2D eigenvalue weighted by Gasteiger charge is -2.22. The van der Waals surface area contributed by atoms with Crippen LogP contribution in [0.2, 0.25) is 0 Å². The summed E-state index contributed by atoms with van der Waals surface area (Å²) in [7, 11) is -1.24. The van der Waals surface area contributed by atoms with Crippen molar-refractivity contribution in [1.29, 1.82) is 5.26 Å². The average Bonchev–Trinajstić information content (AvgIpc) is 3.10. The van der Waals surface area contributed by atoms with E-state index in [4.69, 9.17) is 0 Å². The van der Waals surface area contributed by atoms with Gasteiger partial charge in [-0.15, -0.1) is 15.0 Å². The molecule has 23 heavy (non-hydrogen) atoms. The van der Waals surface area contributed by atoms with Crippen LogP contribution in [0.25, 0.3) is 5.69 Å². The maximum Gasteiger partial charge on any atom is 0.207 e. The van der Waals surface area contributed by atoms with Crippen LogP contribution in [0.5, 0.6) is 0 Å². The third-order valence-corrected chi connectivity index (χ3v) is 5.87. The molecule has 0 radical (unpaired) electrons. The Hall–Kier alpha value is -2.40. The first-order valence-corrected chi connectivity index (χ1v) is 9.10. The number of anilines is 1. The molecular weight excluding hydrogens is 314 g/mol. The van der Waals surface area contributed by atoms with Crippen molar-refractivity contribution in [2.75, 3.05) is 23.5 Å². The van der Waals surface area contributed by atoms with Gasteiger partial charge < -0.3 is 4.90 Å². The molecule has 0 N–H and O–H groups in total. The van der Waals surface area contributed by atoms with E-state index in [1.54, 1.807) is 11.9 Å². The zero-order chi connectivity index (χ0) is 16.6. The molecule has 1 fully saturated rings. The molecule has 3 rings (SSSR count). The lowest BCUT2D eigenvalue weighted by atomic mass is 10.2. The number of nitrogens with zero attached hydrogens (tertiary/aromatic N) is 5. The molecule has 1 saturated heterocycles. The number of aryl methyl sites for hydroxylation is 1. The maximum atomic E-state index is 11.7. The van der Waals surface area contributed by atoms with Gasteiger partial charge in [0.25, 0.3) is 0 Å². The highest BCUT2D eigenvalue weighted by atomic mass is 32.2. The number of rotatable bonds is 3. The molecule has 0 aliphatic carbocycles. The van der Waals surface area contributed by atoms with Crippen molar-refractivity contribution < 1.29 is 8.42 Å². The molecule has 120 valence electrons. The summed E-state index contributed by atoms with van der Waals surface area (Å²) in [4.78, 5) is 3.19. The second-order valence-corrected chi connectivity index (χ2v) is 7.96. The van der Waals surface area contributed by atoms with Crippen LogP contribution in [0.3, 0.4) is 0 Å². The Morgan fingerprint density at radius 1 is 1.35 bits per heavy atom. The molecule has 0 bridgehead atoms. The van der Waals surface area contributed by atoms with E-state index in [1.807, 2.05) is 37.3 Å². The Balaban J connectivity index is 1.98. The smallest absolute Gasteiger partial charge is 0.207 e. The second kappa shape index (κ2) is 5.66.